The highest BCUT2D eigenvalue weighted by molar-refractivity contribution is 7.92. The van der Waals surface area contributed by atoms with Crippen LogP contribution in [0.2, 0.25) is 5.02 Å². The van der Waals surface area contributed by atoms with Crippen molar-refractivity contribution in [2.24, 2.45) is 0 Å². The molecule has 1 atom stereocenters. The lowest BCUT2D eigenvalue weighted by atomic mass is 10.3. The number of ether oxygens (including phenoxy) is 2. The van der Waals surface area contributed by atoms with E-state index in [1.165, 1.54) is 19.1 Å². The standard InChI is InChI=1S/C19H18ClN3O5S/c1-3-27-19(24)12(2)28-18-17(21-14-9-5-6-10-15(14)22-18)23-29(25,26)16-11-7-4-8-13(16)20/h4-12H,3H2,1-2H3,(H,21,23). The van der Waals surface area contributed by atoms with Gasteiger partial charge in [0.25, 0.3) is 15.9 Å². The van der Waals surface area contributed by atoms with Gasteiger partial charge in [0.2, 0.25) is 5.82 Å². The first-order valence-corrected chi connectivity index (χ1v) is 10.6. The van der Waals surface area contributed by atoms with Gasteiger partial charge in [0.15, 0.2) is 6.10 Å². The van der Waals surface area contributed by atoms with E-state index in [9.17, 15) is 13.2 Å². The van der Waals surface area contributed by atoms with Crippen molar-refractivity contribution in [3.05, 3.63) is 53.6 Å². The van der Waals surface area contributed by atoms with Crippen molar-refractivity contribution >= 4 is 44.4 Å². The molecule has 0 saturated carbocycles. The first-order chi connectivity index (χ1) is 13.8. The molecule has 8 nitrogen and oxygen atoms in total. The minimum atomic E-state index is -4.08. The van der Waals surface area contributed by atoms with Crippen molar-refractivity contribution in [1.29, 1.82) is 0 Å². The zero-order valence-corrected chi connectivity index (χ0v) is 17.2. The number of aromatic nitrogens is 2. The van der Waals surface area contributed by atoms with Gasteiger partial charge in [0.1, 0.15) is 4.90 Å². The van der Waals surface area contributed by atoms with E-state index in [1.807, 2.05) is 0 Å². The number of halogens is 1. The molecule has 152 valence electrons. The molecule has 0 aliphatic carbocycles. The third-order valence-electron chi connectivity index (χ3n) is 3.80. The summed E-state index contributed by atoms with van der Waals surface area (Å²) in [5.41, 5.74) is 0.916. The van der Waals surface area contributed by atoms with Crippen LogP contribution in [-0.2, 0) is 19.6 Å². The summed E-state index contributed by atoms with van der Waals surface area (Å²) in [6.07, 6.45) is -1.02. The van der Waals surface area contributed by atoms with Gasteiger partial charge in [0, 0.05) is 0 Å². The molecule has 10 heteroatoms. The number of nitrogens with one attached hydrogen (secondary N) is 1. The second-order valence-corrected chi connectivity index (χ2v) is 7.97. The van der Waals surface area contributed by atoms with Crippen molar-refractivity contribution in [2.75, 3.05) is 11.3 Å². The van der Waals surface area contributed by atoms with Gasteiger partial charge in [-0.15, -0.1) is 0 Å². The smallest absolute Gasteiger partial charge is 0.347 e. The topological polar surface area (TPSA) is 107 Å². The number of benzene rings is 2. The molecule has 29 heavy (non-hydrogen) atoms. The molecule has 1 aromatic heterocycles. The van der Waals surface area contributed by atoms with E-state index in [1.54, 1.807) is 43.3 Å². The number of carbonyl (C=O) groups excluding carboxylic acids is 1. The molecule has 3 rings (SSSR count). The summed E-state index contributed by atoms with van der Waals surface area (Å²) >= 11 is 6.02. The summed E-state index contributed by atoms with van der Waals surface area (Å²) in [4.78, 5) is 20.4. The largest absolute Gasteiger partial charge is 0.463 e. The molecule has 0 fully saturated rings. The number of fused-ring (bicyclic) bond motifs is 1. The number of anilines is 1. The molecule has 0 amide bonds. The minimum Gasteiger partial charge on any atom is -0.463 e. The van der Waals surface area contributed by atoms with E-state index in [4.69, 9.17) is 21.1 Å². The number of hydrogen-bond donors (Lipinski definition) is 1. The van der Waals surface area contributed by atoms with Crippen molar-refractivity contribution in [1.82, 2.24) is 9.97 Å². The third-order valence-corrected chi connectivity index (χ3v) is 5.64. The Bertz CT molecular complexity index is 1150. The number of rotatable bonds is 7. The number of para-hydroxylation sites is 2. The fourth-order valence-corrected chi connectivity index (χ4v) is 3.97. The first kappa shape index (κ1) is 20.8. The number of sulfonamides is 1. The Morgan fingerprint density at radius 2 is 1.72 bits per heavy atom. The van der Waals surface area contributed by atoms with E-state index >= 15 is 0 Å². The van der Waals surface area contributed by atoms with E-state index in [2.05, 4.69) is 14.7 Å². The van der Waals surface area contributed by atoms with E-state index in [-0.39, 0.29) is 28.2 Å². The lowest BCUT2D eigenvalue weighted by Crippen LogP contribution is -2.27. The molecule has 0 bridgehead atoms. The van der Waals surface area contributed by atoms with E-state index in [0.717, 1.165) is 0 Å². The van der Waals surface area contributed by atoms with Crippen LogP contribution in [-0.4, -0.2) is 37.1 Å². The van der Waals surface area contributed by atoms with Gasteiger partial charge in [-0.25, -0.2) is 23.2 Å². The minimum absolute atomic E-state index is 0.0520. The summed E-state index contributed by atoms with van der Waals surface area (Å²) in [5, 5.41) is 0.0520. The highest BCUT2D eigenvalue weighted by atomic mass is 35.5. The lowest BCUT2D eigenvalue weighted by molar-refractivity contribution is -0.150. The SMILES string of the molecule is CCOC(=O)C(C)Oc1nc2ccccc2nc1NS(=O)(=O)c1ccccc1Cl. The van der Waals surface area contributed by atoms with Crippen LogP contribution in [0.25, 0.3) is 11.0 Å². The Morgan fingerprint density at radius 1 is 1.10 bits per heavy atom. The highest BCUT2D eigenvalue weighted by Crippen LogP contribution is 2.29. The van der Waals surface area contributed by atoms with Crippen LogP contribution in [0.3, 0.4) is 0 Å². The predicted molar refractivity (Wildman–Crippen MR) is 109 cm³/mol. The van der Waals surface area contributed by atoms with Crippen LogP contribution in [0.5, 0.6) is 5.88 Å². The zero-order chi connectivity index (χ0) is 21.0. The Morgan fingerprint density at radius 3 is 2.38 bits per heavy atom. The fraction of sp³-hybridized carbons (Fsp3) is 0.211. The Labute approximate surface area is 172 Å². The Balaban J connectivity index is 2.03. The van der Waals surface area contributed by atoms with Crippen LogP contribution < -0.4 is 9.46 Å². The molecule has 0 aliphatic heterocycles. The van der Waals surface area contributed by atoms with Gasteiger partial charge in [0.05, 0.1) is 22.7 Å². The zero-order valence-electron chi connectivity index (χ0n) is 15.6. The van der Waals surface area contributed by atoms with Crippen LogP contribution >= 0.6 is 11.6 Å². The van der Waals surface area contributed by atoms with Crippen LogP contribution in [0, 0.1) is 0 Å². The lowest BCUT2D eigenvalue weighted by Gasteiger charge is -2.16. The molecule has 0 spiro atoms. The van der Waals surface area contributed by atoms with Crippen LogP contribution in [0.15, 0.2) is 53.4 Å². The van der Waals surface area contributed by atoms with Gasteiger partial charge in [-0.1, -0.05) is 35.9 Å². The molecule has 1 N–H and O–H groups in total. The maximum Gasteiger partial charge on any atom is 0.347 e. The quantitative estimate of drug-likeness (QED) is 0.566. The molecule has 0 saturated heterocycles. The molecule has 1 unspecified atom stereocenters. The van der Waals surface area contributed by atoms with Crippen molar-refractivity contribution < 1.29 is 22.7 Å². The molecular weight excluding hydrogens is 418 g/mol. The van der Waals surface area contributed by atoms with Gasteiger partial charge < -0.3 is 9.47 Å². The highest BCUT2D eigenvalue weighted by Gasteiger charge is 2.24. The number of esters is 1. The van der Waals surface area contributed by atoms with E-state index in [0.29, 0.717) is 11.0 Å². The second kappa shape index (κ2) is 8.62. The summed E-state index contributed by atoms with van der Waals surface area (Å²) < 4.78 is 38.5. The van der Waals surface area contributed by atoms with Crippen LogP contribution in [0.4, 0.5) is 5.82 Å². The van der Waals surface area contributed by atoms with Crippen molar-refractivity contribution in [2.45, 2.75) is 24.8 Å². The molecular formula is C19H18ClN3O5S. The summed E-state index contributed by atoms with van der Waals surface area (Å²) in [7, 11) is -4.08. The van der Waals surface area contributed by atoms with E-state index < -0.39 is 22.1 Å². The maximum absolute atomic E-state index is 12.8. The number of carbonyl (C=O) groups is 1. The average Bonchev–Trinajstić information content (AvgIpc) is 2.68. The first-order valence-electron chi connectivity index (χ1n) is 8.69. The van der Waals surface area contributed by atoms with Gasteiger partial charge in [-0.2, -0.15) is 0 Å². The second-order valence-electron chi connectivity index (χ2n) is 5.91. The van der Waals surface area contributed by atoms with Gasteiger partial charge in [-0.3, -0.25) is 4.72 Å². The summed E-state index contributed by atoms with van der Waals surface area (Å²) in [5.74, 6) is -0.929. The predicted octanol–water partition coefficient (Wildman–Crippen LogP) is 3.41. The molecule has 3 aromatic rings. The Hall–Kier alpha value is -2.91. The van der Waals surface area contributed by atoms with Crippen molar-refractivity contribution in [3.8, 4) is 5.88 Å². The van der Waals surface area contributed by atoms with Crippen molar-refractivity contribution in [3.63, 3.8) is 0 Å². The fourth-order valence-electron chi connectivity index (χ4n) is 2.45. The Kier molecular flexibility index (Phi) is 6.19. The summed E-state index contributed by atoms with van der Waals surface area (Å²) in [6.45, 7) is 3.33. The molecule has 0 aliphatic rings. The average molecular weight is 436 g/mol. The monoisotopic (exact) mass is 435 g/mol. The molecule has 0 radical (unpaired) electrons. The number of nitrogens with zero attached hydrogens (tertiary/aromatic N) is 2. The van der Waals surface area contributed by atoms with Crippen LogP contribution in [0.1, 0.15) is 13.8 Å². The number of hydrogen-bond acceptors (Lipinski definition) is 7. The molecule has 1 heterocycles. The third kappa shape index (κ3) is 4.75. The summed E-state index contributed by atoms with van der Waals surface area (Å²) in [6, 6.07) is 12.8. The normalized spacial score (nSPS) is 12.4. The van der Waals surface area contributed by atoms with Gasteiger partial charge >= 0.3 is 5.97 Å². The molecule has 2 aromatic carbocycles. The maximum atomic E-state index is 12.8. The van der Waals surface area contributed by atoms with Gasteiger partial charge in [-0.05, 0) is 38.1 Å².